The third kappa shape index (κ3) is 3.53. The molecule has 140 valence electrons. The molecule has 2 aliphatic carbocycles. The largest absolute Gasteiger partial charge is 0.349 e. The number of rotatable bonds is 4. The fourth-order valence-electron chi connectivity index (χ4n) is 5.53. The number of quaternary nitrogens is 1. The van der Waals surface area contributed by atoms with E-state index in [1.807, 2.05) is 12.1 Å². The van der Waals surface area contributed by atoms with E-state index in [0.29, 0.717) is 6.04 Å². The van der Waals surface area contributed by atoms with Crippen LogP contribution < -0.4 is 10.2 Å². The van der Waals surface area contributed by atoms with Gasteiger partial charge < -0.3 is 10.2 Å². The zero-order valence-electron chi connectivity index (χ0n) is 15.9. The molecule has 1 unspecified atom stereocenters. The van der Waals surface area contributed by atoms with Crippen molar-refractivity contribution < 1.29 is 9.69 Å². The minimum absolute atomic E-state index is 0.110. The van der Waals surface area contributed by atoms with Gasteiger partial charge in [-0.15, -0.1) is 0 Å². The Labute approximate surface area is 161 Å². The van der Waals surface area contributed by atoms with Crippen molar-refractivity contribution in [3.05, 3.63) is 70.8 Å². The van der Waals surface area contributed by atoms with Crippen LogP contribution in [0, 0.1) is 11.8 Å². The minimum atomic E-state index is 0.110. The number of hydrogen-bond donors (Lipinski definition) is 2. The van der Waals surface area contributed by atoms with Crippen LogP contribution in [0.5, 0.6) is 0 Å². The molecule has 0 radical (unpaired) electrons. The number of nitrogens with one attached hydrogen (secondary N) is 2. The molecule has 1 amide bonds. The predicted molar refractivity (Wildman–Crippen MR) is 107 cm³/mol. The molecule has 5 rings (SSSR count). The molecule has 2 N–H and O–H groups in total. The van der Waals surface area contributed by atoms with Gasteiger partial charge in [-0.1, -0.05) is 42.8 Å². The zero-order chi connectivity index (χ0) is 18.2. The Kier molecular flexibility index (Phi) is 4.48. The lowest BCUT2D eigenvalue weighted by Crippen LogP contribution is -3.10. The van der Waals surface area contributed by atoms with Gasteiger partial charge >= 0.3 is 0 Å². The van der Waals surface area contributed by atoms with Gasteiger partial charge in [-0.2, -0.15) is 0 Å². The highest BCUT2D eigenvalue weighted by Gasteiger charge is 2.40. The van der Waals surface area contributed by atoms with Crippen LogP contribution >= 0.6 is 0 Å². The van der Waals surface area contributed by atoms with Crippen LogP contribution in [-0.2, 0) is 19.5 Å². The van der Waals surface area contributed by atoms with Gasteiger partial charge in [0.05, 0.1) is 6.54 Å². The first kappa shape index (κ1) is 17.0. The van der Waals surface area contributed by atoms with Crippen molar-refractivity contribution >= 4 is 5.91 Å². The summed E-state index contributed by atoms with van der Waals surface area (Å²) < 4.78 is 0. The van der Waals surface area contributed by atoms with E-state index in [1.54, 1.807) is 4.90 Å². The van der Waals surface area contributed by atoms with Crippen molar-refractivity contribution in [2.24, 2.45) is 11.8 Å². The highest BCUT2D eigenvalue weighted by atomic mass is 16.1. The summed E-state index contributed by atoms with van der Waals surface area (Å²) in [7, 11) is 0. The van der Waals surface area contributed by atoms with Gasteiger partial charge in [0.25, 0.3) is 5.91 Å². The molecule has 2 aromatic carbocycles. The summed E-state index contributed by atoms with van der Waals surface area (Å²) in [5, 5.41) is 3.29. The van der Waals surface area contributed by atoms with Gasteiger partial charge in [0.2, 0.25) is 0 Å². The van der Waals surface area contributed by atoms with Crippen LogP contribution in [0.1, 0.15) is 52.7 Å². The molecular formula is C24H29N2O+. The normalized spacial score (nSPS) is 28.7. The molecule has 3 aliphatic rings. The minimum Gasteiger partial charge on any atom is -0.349 e. The first-order valence-electron chi connectivity index (χ1n) is 10.5. The second kappa shape index (κ2) is 7.12. The van der Waals surface area contributed by atoms with E-state index in [1.165, 1.54) is 48.9 Å². The smallest absolute Gasteiger partial charge is 0.251 e. The lowest BCUT2D eigenvalue weighted by Gasteiger charge is -2.26. The van der Waals surface area contributed by atoms with Gasteiger partial charge in [0.1, 0.15) is 13.1 Å². The molecule has 0 spiro atoms. The van der Waals surface area contributed by atoms with E-state index in [2.05, 4.69) is 41.7 Å². The Morgan fingerprint density at radius 2 is 1.81 bits per heavy atom. The summed E-state index contributed by atoms with van der Waals surface area (Å²) in [6, 6.07) is 17.5. The molecule has 2 aromatic rings. The Balaban J connectivity index is 1.19. The van der Waals surface area contributed by atoms with Crippen molar-refractivity contribution in [1.82, 2.24) is 5.32 Å². The molecular weight excluding hydrogens is 332 g/mol. The number of amides is 1. The predicted octanol–water partition coefficient (Wildman–Crippen LogP) is 2.75. The van der Waals surface area contributed by atoms with E-state index in [0.717, 1.165) is 36.9 Å². The average Bonchev–Trinajstić information content (AvgIpc) is 3.31. The summed E-state index contributed by atoms with van der Waals surface area (Å²) in [6.45, 7) is 3.31. The van der Waals surface area contributed by atoms with Gasteiger partial charge in [0, 0.05) is 29.2 Å². The van der Waals surface area contributed by atoms with E-state index >= 15 is 0 Å². The lowest BCUT2D eigenvalue weighted by atomic mass is 9.95. The molecule has 27 heavy (non-hydrogen) atoms. The second-order valence-electron chi connectivity index (χ2n) is 8.82. The first-order valence-corrected chi connectivity index (χ1v) is 10.5. The topological polar surface area (TPSA) is 33.5 Å². The summed E-state index contributed by atoms with van der Waals surface area (Å²) in [4.78, 5) is 14.2. The van der Waals surface area contributed by atoms with Crippen LogP contribution in [0.2, 0.25) is 0 Å². The quantitative estimate of drug-likeness (QED) is 0.863. The maximum Gasteiger partial charge on any atom is 0.251 e. The van der Waals surface area contributed by atoms with Crippen LogP contribution in [-0.4, -0.2) is 18.5 Å². The second-order valence-corrected chi connectivity index (χ2v) is 8.82. The Morgan fingerprint density at radius 1 is 1.00 bits per heavy atom. The van der Waals surface area contributed by atoms with Crippen molar-refractivity contribution in [1.29, 1.82) is 0 Å². The van der Waals surface area contributed by atoms with E-state index in [-0.39, 0.29) is 5.91 Å². The standard InChI is InChI=1S/C24H28N2O/c27-24(25-23-14-18-7-10-21(23)13-18)20-8-5-17(6-9-20)15-26-12-11-19-3-1-2-4-22(19)16-26/h1-6,8-9,18,21,23H,7,10-16H2,(H,25,27)/p+1/t18-,21+,23-/m0/s1. The van der Waals surface area contributed by atoms with Crippen molar-refractivity contribution in [2.45, 2.75) is 51.2 Å². The van der Waals surface area contributed by atoms with Crippen LogP contribution in [0.4, 0.5) is 0 Å². The number of fused-ring (bicyclic) bond motifs is 3. The monoisotopic (exact) mass is 361 g/mol. The maximum atomic E-state index is 12.6. The third-order valence-electron chi connectivity index (χ3n) is 7.03. The third-order valence-corrected chi connectivity index (χ3v) is 7.03. The summed E-state index contributed by atoms with van der Waals surface area (Å²) in [5.74, 6) is 1.70. The van der Waals surface area contributed by atoms with Gasteiger partial charge in [0.15, 0.2) is 0 Å². The number of hydrogen-bond acceptors (Lipinski definition) is 1. The van der Waals surface area contributed by atoms with Crippen LogP contribution in [0.15, 0.2) is 48.5 Å². The van der Waals surface area contributed by atoms with Crippen molar-refractivity contribution in [3.63, 3.8) is 0 Å². The highest BCUT2D eigenvalue weighted by molar-refractivity contribution is 5.94. The number of carbonyl (C=O) groups excluding carboxylic acids is 1. The van der Waals surface area contributed by atoms with E-state index in [9.17, 15) is 4.79 Å². The number of carbonyl (C=O) groups is 1. The van der Waals surface area contributed by atoms with Crippen molar-refractivity contribution in [3.8, 4) is 0 Å². The molecule has 3 nitrogen and oxygen atoms in total. The lowest BCUT2D eigenvalue weighted by molar-refractivity contribution is -0.929. The fourth-order valence-corrected chi connectivity index (χ4v) is 5.53. The van der Waals surface area contributed by atoms with E-state index in [4.69, 9.17) is 0 Å². The Bertz CT molecular complexity index is 829. The molecule has 0 aromatic heterocycles. The molecule has 2 fully saturated rings. The summed E-state index contributed by atoms with van der Waals surface area (Å²) >= 11 is 0. The fraction of sp³-hybridized carbons (Fsp3) is 0.458. The first-order chi connectivity index (χ1) is 13.2. The van der Waals surface area contributed by atoms with Gasteiger partial charge in [-0.25, -0.2) is 0 Å². The van der Waals surface area contributed by atoms with Crippen molar-refractivity contribution in [2.75, 3.05) is 6.54 Å². The van der Waals surface area contributed by atoms with Gasteiger partial charge in [-0.05, 0) is 48.8 Å². The zero-order valence-corrected chi connectivity index (χ0v) is 15.9. The molecule has 4 atom stereocenters. The Morgan fingerprint density at radius 3 is 2.56 bits per heavy atom. The summed E-state index contributed by atoms with van der Waals surface area (Å²) in [6.07, 6.45) is 6.35. The summed E-state index contributed by atoms with van der Waals surface area (Å²) in [5.41, 5.74) is 5.12. The molecule has 3 heteroatoms. The molecule has 1 heterocycles. The Hall–Kier alpha value is -2.13. The average molecular weight is 362 g/mol. The number of benzene rings is 2. The highest BCUT2D eigenvalue weighted by Crippen LogP contribution is 2.44. The molecule has 2 saturated carbocycles. The van der Waals surface area contributed by atoms with Crippen LogP contribution in [0.25, 0.3) is 0 Å². The SMILES string of the molecule is O=C(N[C@H]1C[C@H]2CC[C@@H]1C2)c1ccc(C[NH+]2CCc3ccccc3C2)cc1. The molecule has 0 saturated heterocycles. The van der Waals surface area contributed by atoms with Gasteiger partial charge in [-0.3, -0.25) is 4.79 Å². The molecule has 1 aliphatic heterocycles. The molecule has 2 bridgehead atoms. The van der Waals surface area contributed by atoms with E-state index < -0.39 is 0 Å². The van der Waals surface area contributed by atoms with Crippen LogP contribution in [0.3, 0.4) is 0 Å². The maximum absolute atomic E-state index is 12.6.